The molecular formula is C16H13N3O3S2. The number of rotatable bonds is 4. The first kappa shape index (κ1) is 16.3. The Kier molecular flexibility index (Phi) is 5.29. The molecule has 0 fully saturated rings. The van der Waals surface area contributed by atoms with Crippen LogP contribution in [0.2, 0.25) is 0 Å². The third kappa shape index (κ3) is 4.46. The van der Waals surface area contributed by atoms with E-state index in [4.69, 9.17) is 4.74 Å². The lowest BCUT2D eigenvalue weighted by atomic mass is 10.3. The average Bonchev–Trinajstić information content (AvgIpc) is 3.07. The molecule has 0 radical (unpaired) electrons. The first-order valence-corrected chi connectivity index (χ1v) is 8.68. The van der Waals surface area contributed by atoms with E-state index in [1.54, 1.807) is 23.7 Å². The molecule has 0 aliphatic carbocycles. The van der Waals surface area contributed by atoms with Gasteiger partial charge >= 0.3 is 6.03 Å². The van der Waals surface area contributed by atoms with E-state index in [0.29, 0.717) is 23.4 Å². The van der Waals surface area contributed by atoms with E-state index in [9.17, 15) is 9.59 Å². The number of thiazole rings is 1. The fraction of sp³-hybridized carbons (Fsp3) is 0.0625. The first-order chi connectivity index (χ1) is 11.7. The molecule has 0 unspecified atom stereocenters. The summed E-state index contributed by atoms with van der Waals surface area (Å²) in [4.78, 5) is 27.7. The van der Waals surface area contributed by atoms with E-state index < -0.39 is 6.03 Å². The SMILES string of the molecule is O=C(NSC(=O)COc1ccccc1)Nc1ccc2ncsc2c1. The van der Waals surface area contributed by atoms with Gasteiger partial charge in [-0.3, -0.25) is 9.52 Å². The van der Waals surface area contributed by atoms with Crippen LogP contribution >= 0.6 is 23.3 Å². The van der Waals surface area contributed by atoms with Crippen LogP contribution in [0.15, 0.2) is 54.0 Å². The van der Waals surface area contributed by atoms with Crippen LogP contribution < -0.4 is 14.8 Å². The molecule has 0 saturated carbocycles. The lowest BCUT2D eigenvalue weighted by molar-refractivity contribution is -0.112. The van der Waals surface area contributed by atoms with E-state index in [1.165, 1.54) is 11.3 Å². The molecule has 2 N–H and O–H groups in total. The molecule has 0 bridgehead atoms. The van der Waals surface area contributed by atoms with Crippen molar-refractivity contribution in [3.8, 4) is 5.75 Å². The molecule has 0 saturated heterocycles. The smallest absolute Gasteiger partial charge is 0.329 e. The molecule has 122 valence electrons. The van der Waals surface area contributed by atoms with Crippen LogP contribution in [0.3, 0.4) is 0 Å². The number of ether oxygens (including phenoxy) is 1. The number of aromatic nitrogens is 1. The minimum Gasteiger partial charge on any atom is -0.485 e. The van der Waals surface area contributed by atoms with Crippen molar-refractivity contribution in [1.82, 2.24) is 9.71 Å². The maximum absolute atomic E-state index is 11.8. The van der Waals surface area contributed by atoms with Gasteiger partial charge in [-0.2, -0.15) is 0 Å². The maximum Gasteiger partial charge on any atom is 0.329 e. The molecule has 6 nitrogen and oxygen atoms in total. The number of para-hydroxylation sites is 1. The van der Waals surface area contributed by atoms with Gasteiger partial charge in [0, 0.05) is 17.6 Å². The van der Waals surface area contributed by atoms with Gasteiger partial charge in [0.25, 0.3) is 0 Å². The Morgan fingerprint density at radius 1 is 1.17 bits per heavy atom. The van der Waals surface area contributed by atoms with Crippen molar-refractivity contribution < 1.29 is 14.3 Å². The van der Waals surface area contributed by atoms with Crippen LogP contribution in [0.5, 0.6) is 5.75 Å². The van der Waals surface area contributed by atoms with Gasteiger partial charge in [-0.05, 0) is 30.3 Å². The Morgan fingerprint density at radius 3 is 2.83 bits per heavy atom. The van der Waals surface area contributed by atoms with E-state index in [1.807, 2.05) is 30.3 Å². The number of carbonyl (C=O) groups excluding carboxylic acids is 2. The summed E-state index contributed by atoms with van der Waals surface area (Å²) in [6.07, 6.45) is 0. The number of amides is 2. The van der Waals surface area contributed by atoms with Crippen LogP contribution in [0, 0.1) is 0 Å². The Balaban J connectivity index is 1.44. The maximum atomic E-state index is 11.8. The monoisotopic (exact) mass is 359 g/mol. The number of hydrogen-bond acceptors (Lipinski definition) is 6. The molecule has 3 aromatic rings. The summed E-state index contributed by atoms with van der Waals surface area (Å²) in [6, 6.07) is 14.0. The van der Waals surface area contributed by atoms with Crippen LogP contribution in [-0.2, 0) is 4.79 Å². The zero-order valence-electron chi connectivity index (χ0n) is 12.4. The van der Waals surface area contributed by atoms with Gasteiger partial charge in [0.05, 0.1) is 15.7 Å². The Morgan fingerprint density at radius 2 is 2.00 bits per heavy atom. The van der Waals surface area contributed by atoms with E-state index in [0.717, 1.165) is 10.2 Å². The number of fused-ring (bicyclic) bond motifs is 1. The Hall–Kier alpha value is -2.58. The van der Waals surface area contributed by atoms with Crippen molar-refractivity contribution in [2.24, 2.45) is 0 Å². The number of nitrogens with zero attached hydrogens (tertiary/aromatic N) is 1. The second-order valence-corrected chi connectivity index (χ2v) is 6.42. The summed E-state index contributed by atoms with van der Waals surface area (Å²) < 4.78 is 8.72. The quantitative estimate of drug-likeness (QED) is 0.695. The summed E-state index contributed by atoms with van der Waals surface area (Å²) in [5, 5.41) is 2.37. The number of hydrogen-bond donors (Lipinski definition) is 2. The fourth-order valence-electron chi connectivity index (χ4n) is 1.88. The largest absolute Gasteiger partial charge is 0.485 e. The predicted molar refractivity (Wildman–Crippen MR) is 96.3 cm³/mol. The summed E-state index contributed by atoms with van der Waals surface area (Å²) >= 11 is 2.19. The van der Waals surface area contributed by atoms with Crippen molar-refractivity contribution in [1.29, 1.82) is 0 Å². The van der Waals surface area contributed by atoms with Crippen molar-refractivity contribution in [2.45, 2.75) is 0 Å². The third-order valence-electron chi connectivity index (χ3n) is 2.95. The molecular weight excluding hydrogens is 346 g/mol. The third-order valence-corrected chi connectivity index (χ3v) is 4.37. The Labute approximate surface area is 146 Å². The Bertz CT molecular complexity index is 852. The number of nitrogens with one attached hydrogen (secondary N) is 2. The predicted octanol–water partition coefficient (Wildman–Crippen LogP) is 3.67. The molecule has 1 heterocycles. The van der Waals surface area contributed by atoms with Gasteiger partial charge in [0.2, 0.25) is 5.12 Å². The molecule has 2 amide bonds. The zero-order chi connectivity index (χ0) is 16.8. The zero-order valence-corrected chi connectivity index (χ0v) is 14.0. The molecule has 3 rings (SSSR count). The second kappa shape index (κ2) is 7.80. The minimum atomic E-state index is -0.475. The fourth-order valence-corrected chi connectivity index (χ4v) is 2.97. The lowest BCUT2D eigenvalue weighted by Gasteiger charge is -2.07. The molecule has 1 aromatic heterocycles. The molecule has 0 aliphatic heterocycles. The van der Waals surface area contributed by atoms with Gasteiger partial charge in [-0.15, -0.1) is 11.3 Å². The molecule has 24 heavy (non-hydrogen) atoms. The van der Waals surface area contributed by atoms with Crippen LogP contribution in [-0.4, -0.2) is 22.7 Å². The molecule has 8 heteroatoms. The summed E-state index contributed by atoms with van der Waals surface area (Å²) in [6.45, 7) is -0.123. The van der Waals surface area contributed by atoms with Crippen LogP contribution in [0.25, 0.3) is 10.2 Å². The average molecular weight is 359 g/mol. The van der Waals surface area contributed by atoms with Crippen molar-refractivity contribution >= 4 is 50.3 Å². The van der Waals surface area contributed by atoms with E-state index >= 15 is 0 Å². The van der Waals surface area contributed by atoms with Gasteiger partial charge in [-0.1, -0.05) is 18.2 Å². The normalized spacial score (nSPS) is 10.3. The number of carbonyl (C=O) groups is 2. The van der Waals surface area contributed by atoms with Crippen molar-refractivity contribution in [3.63, 3.8) is 0 Å². The van der Waals surface area contributed by atoms with E-state index in [2.05, 4.69) is 15.0 Å². The summed E-state index contributed by atoms with van der Waals surface area (Å²) in [7, 11) is 0. The van der Waals surface area contributed by atoms with Crippen molar-refractivity contribution in [2.75, 3.05) is 11.9 Å². The number of anilines is 1. The van der Waals surface area contributed by atoms with E-state index in [-0.39, 0.29) is 11.7 Å². The molecule has 0 spiro atoms. The highest BCUT2D eigenvalue weighted by Crippen LogP contribution is 2.21. The highest BCUT2D eigenvalue weighted by molar-refractivity contribution is 8.12. The highest BCUT2D eigenvalue weighted by atomic mass is 32.2. The van der Waals surface area contributed by atoms with Gasteiger partial charge in [0.1, 0.15) is 5.75 Å². The molecule has 2 aromatic carbocycles. The summed E-state index contributed by atoms with van der Waals surface area (Å²) in [5.74, 6) is 0.605. The van der Waals surface area contributed by atoms with Crippen LogP contribution in [0.4, 0.5) is 10.5 Å². The minimum absolute atomic E-state index is 0.123. The van der Waals surface area contributed by atoms with Gasteiger partial charge < -0.3 is 10.1 Å². The molecule has 0 atom stereocenters. The van der Waals surface area contributed by atoms with Gasteiger partial charge in [-0.25, -0.2) is 9.78 Å². The summed E-state index contributed by atoms with van der Waals surface area (Å²) in [5.41, 5.74) is 3.27. The molecule has 0 aliphatic rings. The van der Waals surface area contributed by atoms with Crippen LogP contribution in [0.1, 0.15) is 0 Å². The lowest BCUT2D eigenvalue weighted by Crippen LogP contribution is -2.25. The number of urea groups is 1. The topological polar surface area (TPSA) is 80.3 Å². The standard InChI is InChI=1S/C16H13N3O3S2/c20-15(9-22-12-4-2-1-3-5-12)24-19-16(21)18-11-6-7-13-14(8-11)23-10-17-13/h1-8,10H,9H2,(H2,18,19,21). The highest BCUT2D eigenvalue weighted by Gasteiger charge is 2.09. The second-order valence-electron chi connectivity index (χ2n) is 4.67. The van der Waals surface area contributed by atoms with Gasteiger partial charge in [0.15, 0.2) is 6.61 Å². The number of benzene rings is 2. The first-order valence-electron chi connectivity index (χ1n) is 6.98. The van der Waals surface area contributed by atoms with Crippen molar-refractivity contribution in [3.05, 3.63) is 54.0 Å².